The van der Waals surface area contributed by atoms with Crippen molar-refractivity contribution in [3.05, 3.63) is 42.0 Å². The van der Waals surface area contributed by atoms with Crippen LogP contribution >= 0.6 is 0 Å². The monoisotopic (exact) mass is 378 g/mol. The minimum absolute atomic E-state index is 0.0693. The summed E-state index contributed by atoms with van der Waals surface area (Å²) in [6, 6.07) is 6.13. The number of imide groups is 1. The molecule has 1 N–H and O–H groups in total. The van der Waals surface area contributed by atoms with Crippen LogP contribution in [-0.4, -0.2) is 42.3 Å². The fourth-order valence-electron chi connectivity index (χ4n) is 3.41. The summed E-state index contributed by atoms with van der Waals surface area (Å²) >= 11 is 0. The number of rotatable bonds is 7. The van der Waals surface area contributed by atoms with Crippen molar-refractivity contribution in [2.75, 3.05) is 13.1 Å². The summed E-state index contributed by atoms with van der Waals surface area (Å²) in [5, 5.41) is 2.68. The largest absolute Gasteiger partial charge is 0.435 e. The third-order valence-corrected chi connectivity index (χ3v) is 4.78. The lowest BCUT2D eigenvalue weighted by Gasteiger charge is -2.14. The van der Waals surface area contributed by atoms with Crippen molar-refractivity contribution in [2.45, 2.75) is 25.9 Å². The molecule has 0 bridgehead atoms. The van der Waals surface area contributed by atoms with Gasteiger partial charge in [-0.25, -0.2) is 0 Å². The molecule has 0 spiro atoms. The van der Waals surface area contributed by atoms with Crippen LogP contribution < -0.4 is 10.1 Å². The van der Waals surface area contributed by atoms with Gasteiger partial charge in [-0.05, 0) is 37.0 Å². The van der Waals surface area contributed by atoms with Crippen LogP contribution in [0.2, 0.25) is 0 Å². The van der Waals surface area contributed by atoms with E-state index < -0.39 is 12.5 Å². The van der Waals surface area contributed by atoms with Gasteiger partial charge in [0.05, 0.1) is 11.8 Å². The zero-order valence-electron chi connectivity index (χ0n) is 14.6. The van der Waals surface area contributed by atoms with E-state index in [0.29, 0.717) is 25.8 Å². The van der Waals surface area contributed by atoms with Gasteiger partial charge in [-0.15, -0.1) is 0 Å². The fraction of sp³-hybridized carbons (Fsp3) is 0.421. The Balaban J connectivity index is 1.45. The molecular weight excluding hydrogens is 358 g/mol. The van der Waals surface area contributed by atoms with Gasteiger partial charge in [0, 0.05) is 6.54 Å². The number of hydrogen-bond acceptors (Lipinski definition) is 4. The Bertz CT molecular complexity index is 723. The van der Waals surface area contributed by atoms with Gasteiger partial charge in [0.25, 0.3) is 0 Å². The van der Waals surface area contributed by atoms with Crippen LogP contribution in [0.4, 0.5) is 8.78 Å². The number of hydrogen-bond donors (Lipinski definition) is 1. The summed E-state index contributed by atoms with van der Waals surface area (Å²) in [5.74, 6) is -1.58. The van der Waals surface area contributed by atoms with Crippen LogP contribution in [-0.2, 0) is 20.8 Å². The number of benzene rings is 1. The maximum absolute atomic E-state index is 12.3. The smallest absolute Gasteiger partial charge is 0.387 e. The normalized spacial score (nSPS) is 21.5. The molecule has 1 saturated heterocycles. The molecule has 0 radical (unpaired) electrons. The van der Waals surface area contributed by atoms with Crippen LogP contribution in [0, 0.1) is 11.8 Å². The van der Waals surface area contributed by atoms with Crippen molar-refractivity contribution in [1.29, 1.82) is 0 Å². The summed E-state index contributed by atoms with van der Waals surface area (Å²) < 4.78 is 28.5. The molecule has 144 valence electrons. The highest BCUT2D eigenvalue weighted by molar-refractivity contribution is 6.07. The highest BCUT2D eigenvalue weighted by Gasteiger charge is 2.47. The van der Waals surface area contributed by atoms with Crippen molar-refractivity contribution in [2.24, 2.45) is 11.8 Å². The van der Waals surface area contributed by atoms with Gasteiger partial charge < -0.3 is 10.1 Å². The number of alkyl halides is 2. The molecule has 27 heavy (non-hydrogen) atoms. The Hall–Kier alpha value is -2.77. The van der Waals surface area contributed by atoms with Gasteiger partial charge >= 0.3 is 6.61 Å². The Morgan fingerprint density at radius 3 is 2.26 bits per heavy atom. The molecular formula is C19H20F2N2O4. The third kappa shape index (κ3) is 4.50. The number of ether oxygens (including phenoxy) is 1. The standard InChI is InChI=1S/C19H20F2N2O4/c20-19(21)27-13-7-5-12(6-8-13)9-10-22-16(24)11-23-17(25)14-3-1-2-4-15(14)18(23)26/h1-2,5-8,14-15,19H,3-4,9-11H2,(H,22,24). The average Bonchev–Trinajstić information content (AvgIpc) is 2.88. The first kappa shape index (κ1) is 19.0. The summed E-state index contributed by atoms with van der Waals surface area (Å²) in [6.45, 7) is -2.84. The first-order valence-corrected chi connectivity index (χ1v) is 8.76. The van der Waals surface area contributed by atoms with Gasteiger partial charge in [0.1, 0.15) is 12.3 Å². The number of nitrogens with zero attached hydrogens (tertiary/aromatic N) is 1. The van der Waals surface area contributed by atoms with Gasteiger partial charge in [-0.1, -0.05) is 24.3 Å². The summed E-state index contributed by atoms with van der Waals surface area (Å²) in [7, 11) is 0. The van der Waals surface area contributed by atoms with E-state index >= 15 is 0 Å². The minimum Gasteiger partial charge on any atom is -0.435 e. The quantitative estimate of drug-likeness (QED) is 0.581. The maximum atomic E-state index is 12.3. The Kier molecular flexibility index (Phi) is 5.83. The molecule has 1 aromatic rings. The second-order valence-corrected chi connectivity index (χ2v) is 6.54. The van der Waals surface area contributed by atoms with E-state index in [1.165, 1.54) is 12.1 Å². The van der Waals surface area contributed by atoms with E-state index in [-0.39, 0.29) is 35.9 Å². The van der Waals surface area contributed by atoms with E-state index in [1.807, 2.05) is 12.2 Å². The third-order valence-electron chi connectivity index (χ3n) is 4.78. The Morgan fingerprint density at radius 2 is 1.70 bits per heavy atom. The Morgan fingerprint density at radius 1 is 1.11 bits per heavy atom. The second kappa shape index (κ2) is 8.28. The highest BCUT2D eigenvalue weighted by Crippen LogP contribution is 2.34. The molecule has 2 unspecified atom stereocenters. The molecule has 6 nitrogen and oxygen atoms in total. The summed E-state index contributed by atoms with van der Waals surface area (Å²) in [5.41, 5.74) is 0.835. The van der Waals surface area contributed by atoms with Crippen LogP contribution in [0.15, 0.2) is 36.4 Å². The van der Waals surface area contributed by atoms with E-state index in [2.05, 4.69) is 10.1 Å². The number of nitrogens with one attached hydrogen (secondary N) is 1. The molecule has 1 aliphatic carbocycles. The number of likely N-dealkylation sites (tertiary alicyclic amines) is 1. The van der Waals surface area contributed by atoms with Gasteiger partial charge in [-0.2, -0.15) is 8.78 Å². The lowest BCUT2D eigenvalue weighted by molar-refractivity contribution is -0.143. The number of fused-ring (bicyclic) bond motifs is 1. The summed E-state index contributed by atoms with van der Waals surface area (Å²) in [4.78, 5) is 37.8. The molecule has 0 aromatic heterocycles. The SMILES string of the molecule is O=C(CN1C(=O)C2CC=CCC2C1=O)NCCc1ccc(OC(F)F)cc1. The molecule has 1 heterocycles. The molecule has 2 atom stereocenters. The van der Waals surface area contributed by atoms with Crippen molar-refractivity contribution < 1.29 is 27.9 Å². The number of allylic oxidation sites excluding steroid dienone is 2. The van der Waals surface area contributed by atoms with Crippen molar-refractivity contribution in [1.82, 2.24) is 10.2 Å². The topological polar surface area (TPSA) is 75.7 Å². The predicted molar refractivity (Wildman–Crippen MR) is 91.9 cm³/mol. The lowest BCUT2D eigenvalue weighted by Crippen LogP contribution is -2.41. The first-order chi connectivity index (χ1) is 13.0. The maximum Gasteiger partial charge on any atom is 0.387 e. The number of carbonyl (C=O) groups is 3. The number of halogens is 2. The zero-order valence-corrected chi connectivity index (χ0v) is 14.6. The zero-order chi connectivity index (χ0) is 19.4. The van der Waals surface area contributed by atoms with Crippen LogP contribution in [0.25, 0.3) is 0 Å². The van der Waals surface area contributed by atoms with E-state index in [0.717, 1.165) is 10.5 Å². The van der Waals surface area contributed by atoms with Crippen LogP contribution in [0.1, 0.15) is 18.4 Å². The van der Waals surface area contributed by atoms with E-state index in [1.54, 1.807) is 12.1 Å². The van der Waals surface area contributed by atoms with Crippen molar-refractivity contribution in [3.8, 4) is 5.75 Å². The highest BCUT2D eigenvalue weighted by atomic mass is 19.3. The average molecular weight is 378 g/mol. The first-order valence-electron chi connectivity index (χ1n) is 8.76. The van der Waals surface area contributed by atoms with Crippen LogP contribution in [0.3, 0.4) is 0 Å². The molecule has 0 saturated carbocycles. The molecule has 1 fully saturated rings. The van der Waals surface area contributed by atoms with Gasteiger partial charge in [0.2, 0.25) is 17.7 Å². The van der Waals surface area contributed by atoms with Gasteiger partial charge in [-0.3, -0.25) is 19.3 Å². The molecule has 8 heteroatoms. The molecule has 1 aliphatic heterocycles. The second-order valence-electron chi connectivity index (χ2n) is 6.54. The predicted octanol–water partition coefficient (Wildman–Crippen LogP) is 1.90. The van der Waals surface area contributed by atoms with Gasteiger partial charge in [0.15, 0.2) is 0 Å². The molecule has 3 amide bonds. The molecule has 2 aliphatic rings. The summed E-state index contributed by atoms with van der Waals surface area (Å²) in [6.07, 6.45) is 5.36. The van der Waals surface area contributed by atoms with Crippen LogP contribution in [0.5, 0.6) is 5.75 Å². The number of amides is 3. The molecule has 3 rings (SSSR count). The molecule has 1 aromatic carbocycles. The lowest BCUT2D eigenvalue weighted by atomic mass is 9.85. The fourth-order valence-corrected chi connectivity index (χ4v) is 3.41. The number of carbonyl (C=O) groups excluding carboxylic acids is 3. The van der Waals surface area contributed by atoms with Crippen molar-refractivity contribution >= 4 is 17.7 Å². The van der Waals surface area contributed by atoms with Crippen molar-refractivity contribution in [3.63, 3.8) is 0 Å². The van der Waals surface area contributed by atoms with E-state index in [9.17, 15) is 23.2 Å². The van der Waals surface area contributed by atoms with E-state index in [4.69, 9.17) is 0 Å². The minimum atomic E-state index is -2.87. The Labute approximate surface area is 155 Å².